The third-order valence-electron chi connectivity index (χ3n) is 17.1. The zero-order valence-electron chi connectivity index (χ0n) is 56.0. The van der Waals surface area contributed by atoms with Gasteiger partial charge in [0.2, 0.25) is 0 Å². The number of hydrogen-bond donors (Lipinski definition) is 2. The van der Waals surface area contributed by atoms with Gasteiger partial charge < -0.3 is 76.5 Å². The van der Waals surface area contributed by atoms with E-state index in [0.29, 0.717) is 0 Å². The molecule has 0 bridgehead atoms. The fourth-order valence-electron chi connectivity index (χ4n) is 11.7. The molecular formula is C81H68O25. The van der Waals surface area contributed by atoms with Crippen LogP contribution in [-0.2, 0) is 66.3 Å². The lowest BCUT2D eigenvalue weighted by molar-refractivity contribution is -0.337. The Labute approximate surface area is 605 Å². The highest BCUT2D eigenvalue weighted by molar-refractivity contribution is 5.94. The molecule has 3 heterocycles. The molecule has 3 saturated heterocycles. The molecule has 3 fully saturated rings. The SMILES string of the molecule is O=C(OC[C@H]1O[C@H](OC[C@H]2O[C@H](OC[C@H]3O[C@H](O)[C@@H](OC(=O)c4ccccc4)[C@@H](OC(=O)c4ccccc4)[C@@H]3OC(=O)c3ccccc3)[C@@H](OC(=O)c3ccccc3)[C@@H](OC(=O)c3ccccc3)[C@@H]2OC(=O)c2ccccc2)[C@@H](O)[C@@H](OC(=O)c2ccccc2)[C@@H]1OC(=O)c1ccccc1)c1ccccc1. The topological polar surface area (TPSA) is 323 Å². The summed E-state index contributed by atoms with van der Waals surface area (Å²) < 4.78 is 87.8. The van der Waals surface area contributed by atoms with Crippen molar-refractivity contribution in [3.8, 4) is 0 Å². The molecule has 0 saturated carbocycles. The van der Waals surface area contributed by atoms with Crippen LogP contribution in [0.1, 0.15) is 93.2 Å². The van der Waals surface area contributed by atoms with Gasteiger partial charge >= 0.3 is 53.7 Å². The molecule has 9 aromatic rings. The van der Waals surface area contributed by atoms with Crippen LogP contribution >= 0.6 is 0 Å². The van der Waals surface area contributed by atoms with Crippen molar-refractivity contribution >= 4 is 53.7 Å². The maximum atomic E-state index is 14.8. The van der Waals surface area contributed by atoms with Crippen molar-refractivity contribution in [2.75, 3.05) is 19.8 Å². The van der Waals surface area contributed by atoms with Crippen molar-refractivity contribution in [2.24, 2.45) is 0 Å². The van der Waals surface area contributed by atoms with Crippen LogP contribution in [-0.4, -0.2) is 176 Å². The van der Waals surface area contributed by atoms with Gasteiger partial charge in [0.1, 0.15) is 31.0 Å². The molecule has 12 rings (SSSR count). The predicted molar refractivity (Wildman–Crippen MR) is 368 cm³/mol. The van der Waals surface area contributed by atoms with Crippen molar-refractivity contribution in [1.29, 1.82) is 0 Å². The lowest BCUT2D eigenvalue weighted by atomic mass is 9.96. The Morgan fingerprint density at radius 3 is 0.774 bits per heavy atom. The number of hydrogen-bond acceptors (Lipinski definition) is 25. The average Bonchev–Trinajstić information content (AvgIpc) is 0.780. The van der Waals surface area contributed by atoms with Crippen molar-refractivity contribution in [3.05, 3.63) is 323 Å². The summed E-state index contributed by atoms with van der Waals surface area (Å²) in [5.74, 6) is -9.21. The van der Waals surface area contributed by atoms with E-state index in [2.05, 4.69) is 0 Å². The Morgan fingerprint density at radius 2 is 0.453 bits per heavy atom. The highest BCUT2D eigenvalue weighted by Gasteiger charge is 2.58. The molecule has 542 valence electrons. The third-order valence-corrected chi connectivity index (χ3v) is 17.1. The molecule has 3 aliphatic heterocycles. The van der Waals surface area contributed by atoms with Gasteiger partial charge in [-0.1, -0.05) is 164 Å². The number of aliphatic hydroxyl groups excluding tert-OH is 2. The van der Waals surface area contributed by atoms with Crippen LogP contribution in [0.5, 0.6) is 0 Å². The van der Waals surface area contributed by atoms with Gasteiger partial charge in [0.15, 0.2) is 67.7 Å². The Hall–Kier alpha value is -12.1. The van der Waals surface area contributed by atoms with E-state index in [4.69, 9.17) is 66.3 Å². The van der Waals surface area contributed by atoms with Gasteiger partial charge in [0, 0.05) is 0 Å². The smallest absolute Gasteiger partial charge is 0.338 e. The number of carbonyl (C=O) groups is 9. The van der Waals surface area contributed by atoms with Crippen molar-refractivity contribution in [1.82, 2.24) is 0 Å². The van der Waals surface area contributed by atoms with Gasteiger partial charge in [-0.3, -0.25) is 0 Å². The molecule has 15 atom stereocenters. The third kappa shape index (κ3) is 18.5. The quantitative estimate of drug-likeness (QED) is 0.0397. The van der Waals surface area contributed by atoms with E-state index >= 15 is 0 Å². The van der Waals surface area contributed by atoms with Gasteiger partial charge in [-0.05, 0) is 109 Å². The molecule has 0 unspecified atom stereocenters. The maximum absolute atomic E-state index is 14.8. The van der Waals surface area contributed by atoms with Gasteiger partial charge in [-0.2, -0.15) is 0 Å². The van der Waals surface area contributed by atoms with Crippen molar-refractivity contribution < 1.29 is 120 Å². The minimum Gasteiger partial charge on any atom is -0.459 e. The van der Waals surface area contributed by atoms with E-state index in [0.717, 1.165) is 0 Å². The molecule has 0 amide bonds. The minimum absolute atomic E-state index is 0.000897. The molecule has 2 N–H and O–H groups in total. The number of rotatable bonds is 25. The van der Waals surface area contributed by atoms with Crippen LogP contribution in [0.4, 0.5) is 0 Å². The zero-order chi connectivity index (χ0) is 73.9. The molecule has 3 aliphatic rings. The second kappa shape index (κ2) is 35.4. The molecule has 25 heteroatoms. The number of benzene rings is 9. The highest BCUT2D eigenvalue weighted by atomic mass is 16.8. The van der Waals surface area contributed by atoms with Crippen LogP contribution in [0.2, 0.25) is 0 Å². The fourth-order valence-corrected chi connectivity index (χ4v) is 11.7. The van der Waals surface area contributed by atoms with Gasteiger partial charge in [-0.15, -0.1) is 0 Å². The molecule has 106 heavy (non-hydrogen) atoms. The van der Waals surface area contributed by atoms with Crippen LogP contribution in [0.3, 0.4) is 0 Å². The fraction of sp³-hybridized carbons (Fsp3) is 0.222. The summed E-state index contributed by atoms with van der Waals surface area (Å²) in [7, 11) is 0. The second-order valence-electron chi connectivity index (χ2n) is 24.2. The Kier molecular flexibility index (Phi) is 24.6. The van der Waals surface area contributed by atoms with Gasteiger partial charge in [0.05, 0.1) is 63.3 Å². The standard InChI is InChI=1S/C81H68O25/c82-61-65(102-74(87)53-36-18-5-19-37-53)62(99-71(84)50-30-12-2-13-31-50)59(46-93-70(83)49-28-10-1-11-29-49)97-80(61)94-48-60-64(101-73(86)52-34-16-4-17-35-52)67(104-76(89)55-40-22-7-23-41-55)69(106-78(91)57-44-26-9-27-45-57)81(98-60)95-47-58-63(100-72(85)51-32-14-3-15-33-51)66(103-75(88)54-38-20-6-21-39-54)68(79(92)96-58)105-77(90)56-42-24-8-25-43-56/h1-45,58-69,79-82,92H,46-48H2/t58-,59-,60-,61+,62-,63-,64-,65-,66+,67+,68+,69+,79+,80+,81+/m1/s1. The second-order valence-corrected chi connectivity index (χ2v) is 24.2. The molecule has 25 nitrogen and oxygen atoms in total. The van der Waals surface area contributed by atoms with Gasteiger partial charge in [-0.25, -0.2) is 43.2 Å². The molecule has 0 aliphatic carbocycles. The van der Waals surface area contributed by atoms with Crippen LogP contribution in [0, 0.1) is 0 Å². The molecule has 0 radical (unpaired) electrons. The average molecular weight is 1440 g/mol. The molecule has 0 spiro atoms. The Morgan fingerprint density at radius 1 is 0.236 bits per heavy atom. The molecular weight excluding hydrogens is 1370 g/mol. The number of ether oxygens (including phenoxy) is 14. The Bertz CT molecular complexity index is 4430. The first-order chi connectivity index (χ1) is 51.6. The summed E-state index contributed by atoms with van der Waals surface area (Å²) in [6, 6.07) is 68.2. The summed E-state index contributed by atoms with van der Waals surface area (Å²) in [6.45, 7) is -2.65. The van der Waals surface area contributed by atoms with Crippen molar-refractivity contribution in [3.63, 3.8) is 0 Å². The first-order valence-corrected chi connectivity index (χ1v) is 33.5. The maximum Gasteiger partial charge on any atom is 0.338 e. The van der Waals surface area contributed by atoms with Crippen LogP contribution in [0.15, 0.2) is 273 Å². The van der Waals surface area contributed by atoms with Crippen molar-refractivity contribution in [2.45, 2.75) is 92.1 Å². The summed E-state index contributed by atoms with van der Waals surface area (Å²) in [6.07, 6.45) is -29.5. The van der Waals surface area contributed by atoms with E-state index in [9.17, 15) is 53.4 Å². The lowest BCUT2D eigenvalue weighted by Crippen LogP contribution is -2.65. The van der Waals surface area contributed by atoms with E-state index < -0.39 is 166 Å². The number of carbonyl (C=O) groups excluding carboxylic acids is 9. The zero-order valence-corrected chi connectivity index (χ0v) is 56.0. The monoisotopic (exact) mass is 1440 g/mol. The first kappa shape index (κ1) is 73.7. The lowest BCUT2D eigenvalue weighted by Gasteiger charge is -2.47. The van der Waals surface area contributed by atoms with Crippen LogP contribution in [0.25, 0.3) is 0 Å². The number of esters is 9. The number of aliphatic hydroxyl groups is 2. The van der Waals surface area contributed by atoms with Crippen LogP contribution < -0.4 is 0 Å². The molecule has 9 aromatic carbocycles. The summed E-state index contributed by atoms with van der Waals surface area (Å²) in [5, 5.41) is 24.8. The minimum atomic E-state index is -2.23. The van der Waals surface area contributed by atoms with E-state index in [-0.39, 0.29) is 50.1 Å². The first-order valence-electron chi connectivity index (χ1n) is 33.5. The van der Waals surface area contributed by atoms with E-state index in [1.165, 1.54) is 146 Å². The van der Waals surface area contributed by atoms with E-state index in [1.54, 1.807) is 127 Å². The summed E-state index contributed by atoms with van der Waals surface area (Å²) in [5.41, 5.74) is -0.116. The summed E-state index contributed by atoms with van der Waals surface area (Å²) >= 11 is 0. The summed E-state index contributed by atoms with van der Waals surface area (Å²) in [4.78, 5) is 129. The highest BCUT2D eigenvalue weighted by Crippen LogP contribution is 2.37. The van der Waals surface area contributed by atoms with E-state index in [1.807, 2.05) is 0 Å². The Balaban J connectivity index is 0.948. The predicted octanol–water partition coefficient (Wildman–Crippen LogP) is 9.21. The van der Waals surface area contributed by atoms with Gasteiger partial charge in [0.25, 0.3) is 0 Å². The molecule has 0 aromatic heterocycles. The normalized spacial score (nSPS) is 23.9. The largest absolute Gasteiger partial charge is 0.459 e.